The molecule has 0 saturated carbocycles. The summed E-state index contributed by atoms with van der Waals surface area (Å²) in [6.07, 6.45) is 1.90. The molecule has 4 heteroatoms. The lowest BCUT2D eigenvalue weighted by Crippen LogP contribution is -2.44. The number of hydrogen-bond donors (Lipinski definition) is 2. The molecule has 3 unspecified atom stereocenters. The van der Waals surface area contributed by atoms with E-state index in [1.165, 1.54) is 0 Å². The van der Waals surface area contributed by atoms with Crippen molar-refractivity contribution in [1.82, 2.24) is 10.6 Å². The second-order valence-electron chi connectivity index (χ2n) is 5.41. The van der Waals surface area contributed by atoms with Gasteiger partial charge < -0.3 is 15.4 Å². The van der Waals surface area contributed by atoms with Crippen molar-refractivity contribution in [2.75, 3.05) is 13.7 Å². The molecule has 1 aromatic carbocycles. The molecular weight excluding hydrogens is 252 g/mol. The highest BCUT2D eigenvalue weighted by Gasteiger charge is 2.30. The van der Waals surface area contributed by atoms with Crippen LogP contribution in [0.15, 0.2) is 24.3 Å². The molecule has 0 radical (unpaired) electrons. The number of amides is 1. The number of hydrogen-bond acceptors (Lipinski definition) is 3. The fraction of sp³-hybridized carbons (Fsp3) is 0.562. The third-order valence-corrected chi connectivity index (χ3v) is 4.05. The van der Waals surface area contributed by atoms with Crippen LogP contribution < -0.4 is 15.4 Å². The Morgan fingerprint density at radius 2 is 2.25 bits per heavy atom. The predicted octanol–water partition coefficient (Wildman–Crippen LogP) is 2.26. The monoisotopic (exact) mass is 276 g/mol. The molecule has 0 aliphatic carbocycles. The molecule has 0 bridgehead atoms. The molecule has 3 atom stereocenters. The molecule has 4 nitrogen and oxygen atoms in total. The van der Waals surface area contributed by atoms with E-state index in [0.717, 1.165) is 30.7 Å². The van der Waals surface area contributed by atoms with Gasteiger partial charge in [0.15, 0.2) is 0 Å². The number of rotatable bonds is 5. The normalized spacial score (nSPS) is 23.4. The summed E-state index contributed by atoms with van der Waals surface area (Å²) in [7, 11) is 1.66. The van der Waals surface area contributed by atoms with Crippen molar-refractivity contribution in [3.8, 4) is 5.75 Å². The van der Waals surface area contributed by atoms with Crippen molar-refractivity contribution >= 4 is 5.91 Å². The molecule has 1 amide bonds. The molecule has 0 aromatic heterocycles. The SMILES string of the molecule is CCC(NC(=O)C1NCCC1C)c1ccccc1OC. The first-order chi connectivity index (χ1) is 9.67. The minimum Gasteiger partial charge on any atom is -0.496 e. The second kappa shape index (κ2) is 6.75. The van der Waals surface area contributed by atoms with Crippen LogP contribution in [0.5, 0.6) is 5.75 Å². The van der Waals surface area contributed by atoms with Crippen molar-refractivity contribution in [3.63, 3.8) is 0 Å². The van der Waals surface area contributed by atoms with Gasteiger partial charge in [0.1, 0.15) is 5.75 Å². The van der Waals surface area contributed by atoms with Crippen LogP contribution in [0.25, 0.3) is 0 Å². The number of nitrogens with one attached hydrogen (secondary N) is 2. The van der Waals surface area contributed by atoms with E-state index >= 15 is 0 Å². The van der Waals surface area contributed by atoms with E-state index in [1.54, 1.807) is 7.11 Å². The van der Waals surface area contributed by atoms with Crippen LogP contribution in [0.2, 0.25) is 0 Å². The Morgan fingerprint density at radius 1 is 1.50 bits per heavy atom. The molecule has 0 spiro atoms. The Kier molecular flexibility index (Phi) is 5.01. The molecule has 1 heterocycles. The summed E-state index contributed by atoms with van der Waals surface area (Å²) in [5.41, 5.74) is 1.04. The molecule has 1 aliphatic heterocycles. The van der Waals surface area contributed by atoms with Gasteiger partial charge in [-0.1, -0.05) is 32.0 Å². The molecule has 1 aromatic rings. The van der Waals surface area contributed by atoms with Gasteiger partial charge in [0, 0.05) is 5.56 Å². The van der Waals surface area contributed by atoms with Crippen LogP contribution in [0.1, 0.15) is 38.3 Å². The number of ether oxygens (including phenoxy) is 1. The average molecular weight is 276 g/mol. The Hall–Kier alpha value is -1.55. The fourth-order valence-electron chi connectivity index (χ4n) is 2.80. The van der Waals surface area contributed by atoms with E-state index < -0.39 is 0 Å². The van der Waals surface area contributed by atoms with E-state index in [-0.39, 0.29) is 18.0 Å². The highest BCUT2D eigenvalue weighted by Crippen LogP contribution is 2.27. The van der Waals surface area contributed by atoms with Crippen LogP contribution in [-0.4, -0.2) is 25.6 Å². The zero-order valence-electron chi connectivity index (χ0n) is 12.5. The van der Waals surface area contributed by atoms with Gasteiger partial charge in [0.05, 0.1) is 19.2 Å². The number of methoxy groups -OCH3 is 1. The molecule has 20 heavy (non-hydrogen) atoms. The van der Waals surface area contributed by atoms with Crippen molar-refractivity contribution in [2.24, 2.45) is 5.92 Å². The Balaban J connectivity index is 2.10. The van der Waals surface area contributed by atoms with E-state index in [4.69, 9.17) is 4.74 Å². The van der Waals surface area contributed by atoms with Crippen LogP contribution >= 0.6 is 0 Å². The van der Waals surface area contributed by atoms with Gasteiger partial charge in [-0.25, -0.2) is 0 Å². The van der Waals surface area contributed by atoms with Crippen LogP contribution in [0.3, 0.4) is 0 Å². The van der Waals surface area contributed by atoms with Crippen molar-refractivity contribution in [1.29, 1.82) is 0 Å². The molecule has 2 rings (SSSR count). The summed E-state index contributed by atoms with van der Waals surface area (Å²) in [6.45, 7) is 5.11. The first kappa shape index (κ1) is 14.9. The zero-order valence-corrected chi connectivity index (χ0v) is 12.5. The van der Waals surface area contributed by atoms with Crippen molar-refractivity contribution < 1.29 is 9.53 Å². The highest BCUT2D eigenvalue weighted by atomic mass is 16.5. The summed E-state index contributed by atoms with van der Waals surface area (Å²) in [6, 6.07) is 7.78. The van der Waals surface area contributed by atoms with E-state index in [1.807, 2.05) is 24.3 Å². The standard InChI is InChI=1S/C16H24N2O2/c1-4-13(12-7-5-6-8-14(12)20-3)18-16(19)15-11(2)9-10-17-15/h5-8,11,13,15,17H,4,9-10H2,1-3H3,(H,18,19). The maximum Gasteiger partial charge on any atom is 0.237 e. The van der Waals surface area contributed by atoms with E-state index in [0.29, 0.717) is 5.92 Å². The summed E-state index contributed by atoms with van der Waals surface area (Å²) >= 11 is 0. The molecule has 1 aliphatic rings. The van der Waals surface area contributed by atoms with Gasteiger partial charge in [0.25, 0.3) is 0 Å². The predicted molar refractivity (Wildman–Crippen MR) is 79.7 cm³/mol. The lowest BCUT2D eigenvalue weighted by atomic mass is 10.00. The zero-order chi connectivity index (χ0) is 14.5. The van der Waals surface area contributed by atoms with E-state index in [9.17, 15) is 4.79 Å². The number of benzene rings is 1. The lowest BCUT2D eigenvalue weighted by molar-refractivity contribution is -0.124. The molecule has 1 saturated heterocycles. The van der Waals surface area contributed by atoms with Crippen molar-refractivity contribution in [3.05, 3.63) is 29.8 Å². The topological polar surface area (TPSA) is 50.4 Å². The number of para-hydroxylation sites is 1. The molecule has 2 N–H and O–H groups in total. The third kappa shape index (κ3) is 3.12. The Bertz CT molecular complexity index is 462. The van der Waals surface area contributed by atoms with E-state index in [2.05, 4.69) is 24.5 Å². The number of carbonyl (C=O) groups is 1. The minimum absolute atomic E-state index is 0.00625. The summed E-state index contributed by atoms with van der Waals surface area (Å²) in [4.78, 5) is 12.4. The summed E-state index contributed by atoms with van der Waals surface area (Å²) in [5, 5.41) is 6.42. The summed E-state index contributed by atoms with van der Waals surface area (Å²) < 4.78 is 5.39. The number of carbonyl (C=O) groups excluding carboxylic acids is 1. The second-order valence-corrected chi connectivity index (χ2v) is 5.41. The Labute approximate surface area is 120 Å². The van der Waals surface area contributed by atoms with Crippen LogP contribution in [0.4, 0.5) is 0 Å². The summed E-state index contributed by atoms with van der Waals surface area (Å²) in [5.74, 6) is 1.31. The molecular formula is C16H24N2O2. The lowest BCUT2D eigenvalue weighted by Gasteiger charge is -2.23. The first-order valence-electron chi connectivity index (χ1n) is 7.34. The largest absolute Gasteiger partial charge is 0.496 e. The maximum atomic E-state index is 12.4. The van der Waals surface area contributed by atoms with Gasteiger partial charge in [-0.3, -0.25) is 4.79 Å². The van der Waals surface area contributed by atoms with Gasteiger partial charge in [-0.05, 0) is 31.4 Å². The van der Waals surface area contributed by atoms with Gasteiger partial charge >= 0.3 is 0 Å². The molecule has 110 valence electrons. The van der Waals surface area contributed by atoms with Gasteiger partial charge in [-0.15, -0.1) is 0 Å². The smallest absolute Gasteiger partial charge is 0.237 e. The minimum atomic E-state index is -0.0706. The average Bonchev–Trinajstić information content (AvgIpc) is 2.90. The molecule has 1 fully saturated rings. The third-order valence-electron chi connectivity index (χ3n) is 4.05. The fourth-order valence-corrected chi connectivity index (χ4v) is 2.80. The highest BCUT2D eigenvalue weighted by molar-refractivity contribution is 5.82. The van der Waals surface area contributed by atoms with Crippen LogP contribution in [0, 0.1) is 5.92 Å². The van der Waals surface area contributed by atoms with Crippen LogP contribution in [-0.2, 0) is 4.79 Å². The maximum absolute atomic E-state index is 12.4. The van der Waals surface area contributed by atoms with Crippen molar-refractivity contribution in [2.45, 2.75) is 38.8 Å². The Morgan fingerprint density at radius 3 is 2.85 bits per heavy atom. The quantitative estimate of drug-likeness (QED) is 0.867. The van der Waals surface area contributed by atoms with Gasteiger partial charge in [0.2, 0.25) is 5.91 Å². The van der Waals surface area contributed by atoms with Gasteiger partial charge in [-0.2, -0.15) is 0 Å². The first-order valence-corrected chi connectivity index (χ1v) is 7.34.